The molecule has 0 saturated heterocycles. The first-order valence-electron chi connectivity index (χ1n) is 6.76. The van der Waals surface area contributed by atoms with Gasteiger partial charge in [0.15, 0.2) is 5.78 Å². The summed E-state index contributed by atoms with van der Waals surface area (Å²) >= 11 is 0. The highest BCUT2D eigenvalue weighted by atomic mass is 19.1. The molecule has 6 heteroatoms. The average Bonchev–Trinajstić information content (AvgIpc) is 2.48. The number of methoxy groups -OCH3 is 1. The molecule has 2 aromatic carbocycles. The topological polar surface area (TPSA) is 83.8 Å². The fraction of sp³-hybridized carbons (Fsp3) is 0.176. The quantitative estimate of drug-likeness (QED) is 0.669. The number of esters is 1. The highest BCUT2D eigenvalue weighted by Crippen LogP contribution is 2.40. The average molecular weight is 318 g/mol. The lowest BCUT2D eigenvalue weighted by Gasteiger charge is -2.16. The van der Waals surface area contributed by atoms with Crippen LogP contribution in [0.5, 0.6) is 11.5 Å². The van der Waals surface area contributed by atoms with Crippen LogP contribution in [0.4, 0.5) is 4.39 Å². The first-order valence-corrected chi connectivity index (χ1v) is 6.76. The minimum absolute atomic E-state index is 0.0764. The second-order valence-electron chi connectivity index (χ2n) is 4.96. The van der Waals surface area contributed by atoms with Gasteiger partial charge in [-0.2, -0.15) is 0 Å². The molecular weight excluding hydrogens is 303 g/mol. The minimum Gasteiger partial charge on any atom is -0.507 e. The first kappa shape index (κ1) is 16.5. The van der Waals surface area contributed by atoms with Crippen LogP contribution >= 0.6 is 0 Å². The van der Waals surface area contributed by atoms with Crippen LogP contribution in [0.1, 0.15) is 22.8 Å². The SMILES string of the molecule is COC(=O)Cc1c(C(C)=O)c(O)cc(O)c1-c1ccc(F)cc1. The largest absolute Gasteiger partial charge is 0.507 e. The number of hydrogen-bond acceptors (Lipinski definition) is 5. The molecule has 120 valence electrons. The molecule has 23 heavy (non-hydrogen) atoms. The third-order valence-electron chi connectivity index (χ3n) is 3.42. The maximum absolute atomic E-state index is 13.1. The lowest BCUT2D eigenvalue weighted by molar-refractivity contribution is -0.139. The molecule has 2 aromatic rings. The molecule has 0 heterocycles. The predicted molar refractivity (Wildman–Crippen MR) is 80.9 cm³/mol. The van der Waals surface area contributed by atoms with E-state index in [2.05, 4.69) is 4.74 Å². The summed E-state index contributed by atoms with van der Waals surface area (Å²) in [6, 6.07) is 6.22. The van der Waals surface area contributed by atoms with Crippen molar-refractivity contribution in [2.24, 2.45) is 0 Å². The zero-order valence-electron chi connectivity index (χ0n) is 12.6. The lowest BCUT2D eigenvalue weighted by Crippen LogP contribution is -2.11. The standard InChI is InChI=1S/C17H15FO5/c1-9(19)16-12(7-15(22)23-2)17(14(21)8-13(16)20)10-3-5-11(18)6-4-10/h3-6,8,20-21H,7H2,1-2H3. The number of rotatable bonds is 4. The van der Waals surface area contributed by atoms with Gasteiger partial charge in [0.25, 0.3) is 0 Å². The summed E-state index contributed by atoms with van der Waals surface area (Å²) < 4.78 is 17.7. The summed E-state index contributed by atoms with van der Waals surface area (Å²) in [7, 11) is 1.19. The van der Waals surface area contributed by atoms with Crippen molar-refractivity contribution in [3.63, 3.8) is 0 Å². The Hall–Kier alpha value is -2.89. The maximum atomic E-state index is 13.1. The molecule has 2 N–H and O–H groups in total. The van der Waals surface area contributed by atoms with Gasteiger partial charge in [-0.1, -0.05) is 12.1 Å². The van der Waals surface area contributed by atoms with Crippen LogP contribution in [0.2, 0.25) is 0 Å². The van der Waals surface area contributed by atoms with Gasteiger partial charge in [-0.05, 0) is 30.2 Å². The van der Waals surface area contributed by atoms with Crippen LogP contribution in [0.25, 0.3) is 11.1 Å². The summed E-state index contributed by atoms with van der Waals surface area (Å²) in [4.78, 5) is 23.5. The van der Waals surface area contributed by atoms with Crippen LogP contribution in [-0.2, 0) is 16.0 Å². The van der Waals surface area contributed by atoms with Crippen molar-refractivity contribution in [1.82, 2.24) is 0 Å². The Labute approximate surface area is 132 Å². The molecule has 2 rings (SSSR count). The Kier molecular flexibility index (Phi) is 4.64. The van der Waals surface area contributed by atoms with Gasteiger partial charge in [0, 0.05) is 11.6 Å². The molecule has 5 nitrogen and oxygen atoms in total. The molecule has 0 amide bonds. The normalized spacial score (nSPS) is 10.4. The molecule has 0 saturated carbocycles. The van der Waals surface area contributed by atoms with Crippen molar-refractivity contribution in [1.29, 1.82) is 0 Å². The molecular formula is C17H15FO5. The van der Waals surface area contributed by atoms with Crippen LogP contribution in [0.3, 0.4) is 0 Å². The molecule has 0 spiro atoms. The van der Waals surface area contributed by atoms with Gasteiger partial charge < -0.3 is 14.9 Å². The number of Topliss-reactive ketones (excluding diaryl/α,β-unsaturated/α-hetero) is 1. The molecule has 0 aliphatic heterocycles. The van der Waals surface area contributed by atoms with E-state index < -0.39 is 23.3 Å². The van der Waals surface area contributed by atoms with Crippen molar-refractivity contribution in [2.75, 3.05) is 7.11 Å². The van der Waals surface area contributed by atoms with E-state index in [4.69, 9.17) is 0 Å². The van der Waals surface area contributed by atoms with E-state index in [9.17, 15) is 24.2 Å². The zero-order valence-corrected chi connectivity index (χ0v) is 12.6. The molecule has 0 atom stereocenters. The number of hydrogen-bond donors (Lipinski definition) is 2. The highest BCUT2D eigenvalue weighted by molar-refractivity contribution is 6.02. The molecule has 0 aromatic heterocycles. The van der Waals surface area contributed by atoms with Crippen molar-refractivity contribution < 1.29 is 28.9 Å². The Morgan fingerprint density at radius 2 is 1.74 bits per heavy atom. The summed E-state index contributed by atoms with van der Waals surface area (Å²) in [5, 5.41) is 20.1. The number of phenols is 2. The molecule has 0 aliphatic carbocycles. The van der Waals surface area contributed by atoms with Gasteiger partial charge in [0.1, 0.15) is 17.3 Å². The number of halogens is 1. The predicted octanol–water partition coefficient (Wildman–Crippen LogP) is 2.82. The van der Waals surface area contributed by atoms with Gasteiger partial charge in [-0.15, -0.1) is 0 Å². The van der Waals surface area contributed by atoms with Gasteiger partial charge >= 0.3 is 5.97 Å². The number of carbonyl (C=O) groups excluding carboxylic acids is 2. The Morgan fingerprint density at radius 3 is 2.26 bits per heavy atom. The van der Waals surface area contributed by atoms with Gasteiger partial charge in [0.2, 0.25) is 0 Å². The number of benzene rings is 2. The molecule has 0 fully saturated rings. The fourth-order valence-electron chi connectivity index (χ4n) is 2.43. The molecule has 0 aliphatic rings. The van der Waals surface area contributed by atoms with E-state index in [1.807, 2.05) is 0 Å². The van der Waals surface area contributed by atoms with E-state index in [0.717, 1.165) is 6.07 Å². The highest BCUT2D eigenvalue weighted by Gasteiger charge is 2.23. The van der Waals surface area contributed by atoms with Crippen molar-refractivity contribution in [3.05, 3.63) is 47.3 Å². The Bertz CT molecular complexity index is 766. The Morgan fingerprint density at radius 1 is 1.13 bits per heavy atom. The van der Waals surface area contributed by atoms with E-state index in [0.29, 0.717) is 5.56 Å². The van der Waals surface area contributed by atoms with Crippen LogP contribution < -0.4 is 0 Å². The monoisotopic (exact) mass is 318 g/mol. The number of ketones is 1. The third-order valence-corrected chi connectivity index (χ3v) is 3.42. The maximum Gasteiger partial charge on any atom is 0.310 e. The first-order chi connectivity index (χ1) is 10.8. The minimum atomic E-state index is -0.638. The molecule has 0 radical (unpaired) electrons. The lowest BCUT2D eigenvalue weighted by atomic mass is 9.90. The van der Waals surface area contributed by atoms with Crippen molar-refractivity contribution >= 4 is 11.8 Å². The van der Waals surface area contributed by atoms with E-state index in [-0.39, 0.29) is 28.9 Å². The smallest absolute Gasteiger partial charge is 0.310 e. The molecule has 0 unspecified atom stereocenters. The zero-order chi connectivity index (χ0) is 17.1. The van der Waals surface area contributed by atoms with E-state index in [1.165, 1.54) is 38.3 Å². The van der Waals surface area contributed by atoms with Gasteiger partial charge in [-0.3, -0.25) is 9.59 Å². The van der Waals surface area contributed by atoms with Crippen LogP contribution in [0.15, 0.2) is 30.3 Å². The number of aromatic hydroxyl groups is 2. The van der Waals surface area contributed by atoms with Crippen LogP contribution in [0, 0.1) is 5.82 Å². The van der Waals surface area contributed by atoms with Crippen molar-refractivity contribution in [3.8, 4) is 22.6 Å². The Balaban J connectivity index is 2.77. The second-order valence-corrected chi connectivity index (χ2v) is 4.96. The second kappa shape index (κ2) is 6.48. The number of ether oxygens (including phenoxy) is 1. The fourth-order valence-corrected chi connectivity index (χ4v) is 2.43. The van der Waals surface area contributed by atoms with E-state index >= 15 is 0 Å². The van der Waals surface area contributed by atoms with Gasteiger partial charge in [0.05, 0.1) is 19.1 Å². The third kappa shape index (κ3) is 3.31. The number of carbonyl (C=O) groups is 2. The van der Waals surface area contributed by atoms with E-state index in [1.54, 1.807) is 0 Å². The molecule has 0 bridgehead atoms. The summed E-state index contributed by atoms with van der Waals surface area (Å²) in [6.07, 6.45) is -0.319. The van der Waals surface area contributed by atoms with Crippen molar-refractivity contribution in [2.45, 2.75) is 13.3 Å². The summed E-state index contributed by atoms with van der Waals surface area (Å²) in [6.45, 7) is 1.24. The summed E-state index contributed by atoms with van der Waals surface area (Å²) in [5.41, 5.74) is 0.643. The number of phenolic OH excluding ortho intramolecular Hbond substituents is 2. The summed E-state index contributed by atoms with van der Waals surface area (Å²) in [5.74, 6) is -2.32. The van der Waals surface area contributed by atoms with Crippen LogP contribution in [-0.4, -0.2) is 29.1 Å². The van der Waals surface area contributed by atoms with Gasteiger partial charge in [-0.25, -0.2) is 4.39 Å².